The van der Waals surface area contributed by atoms with Gasteiger partial charge in [0.25, 0.3) is 0 Å². The Hall–Kier alpha value is -2.60. The Morgan fingerprint density at radius 1 is 1.41 bits per heavy atom. The molecule has 4 rings (SSSR count). The number of methoxy groups -OCH3 is 1. The molecular weight excluding hydrogens is 500 g/mol. The fourth-order valence-electron chi connectivity index (χ4n) is 3.70. The van der Waals surface area contributed by atoms with E-state index in [1.54, 1.807) is 11.1 Å². The number of hydrogen-bond donors (Lipinski definition) is 2. The zero-order valence-electron chi connectivity index (χ0n) is 17.2. The summed E-state index contributed by atoms with van der Waals surface area (Å²) in [7, 11) is 1.32. The smallest absolute Gasteiger partial charge is 0.338 e. The van der Waals surface area contributed by atoms with Gasteiger partial charge < -0.3 is 19.9 Å². The average Bonchev–Trinajstić information content (AvgIpc) is 3.34. The first-order chi connectivity index (χ1) is 15.5. The van der Waals surface area contributed by atoms with Gasteiger partial charge in [-0.25, -0.2) is 9.78 Å². The first-order valence-electron chi connectivity index (χ1n) is 9.84. The van der Waals surface area contributed by atoms with Crippen molar-refractivity contribution in [3.8, 4) is 0 Å². The Labute approximate surface area is 196 Å². The molecule has 1 aromatic heterocycles. The van der Waals surface area contributed by atoms with Gasteiger partial charge in [0.1, 0.15) is 12.1 Å². The van der Waals surface area contributed by atoms with Gasteiger partial charge in [0.05, 0.1) is 25.9 Å². The number of ether oxygens (including phenoxy) is 2. The van der Waals surface area contributed by atoms with Crippen LogP contribution in [0.4, 0.5) is 0 Å². The number of carbonyl (C=O) groups is 2. The number of carbonyl (C=O) groups excluding carboxylic acids is 1. The van der Waals surface area contributed by atoms with E-state index in [1.807, 2.05) is 29.6 Å². The third kappa shape index (κ3) is 4.60. The second-order valence-corrected chi connectivity index (χ2v) is 8.90. The van der Waals surface area contributed by atoms with Crippen LogP contribution in [-0.4, -0.2) is 72.2 Å². The number of carboxylic acid groups (broad SMARTS) is 1. The van der Waals surface area contributed by atoms with E-state index in [0.717, 1.165) is 10.0 Å². The van der Waals surface area contributed by atoms with Crippen LogP contribution in [-0.2, 0) is 19.1 Å². The molecule has 0 saturated carbocycles. The number of benzene rings is 1. The molecule has 1 saturated heterocycles. The number of aliphatic imine (C=N–C) groups is 1. The predicted molar refractivity (Wildman–Crippen MR) is 122 cm³/mol. The molecule has 2 N–H and O–H groups in total. The van der Waals surface area contributed by atoms with E-state index in [2.05, 4.69) is 26.2 Å². The van der Waals surface area contributed by atoms with Crippen molar-refractivity contribution >= 4 is 45.0 Å². The second kappa shape index (κ2) is 9.90. The maximum absolute atomic E-state index is 12.9. The predicted octanol–water partition coefficient (Wildman–Crippen LogP) is 2.21. The third-order valence-corrected chi connectivity index (χ3v) is 6.75. The van der Waals surface area contributed by atoms with Crippen molar-refractivity contribution in [1.29, 1.82) is 0 Å². The number of rotatable bonds is 6. The van der Waals surface area contributed by atoms with E-state index in [0.29, 0.717) is 35.3 Å². The number of aliphatic carboxylic acids is 1. The van der Waals surface area contributed by atoms with Crippen LogP contribution in [0.2, 0.25) is 0 Å². The molecule has 0 amide bonds. The largest absolute Gasteiger partial charge is 0.480 e. The molecule has 11 heteroatoms. The minimum atomic E-state index is -0.975. The number of thiazole rings is 1. The van der Waals surface area contributed by atoms with Crippen LogP contribution in [0.15, 0.2) is 56.6 Å². The summed E-state index contributed by atoms with van der Waals surface area (Å²) in [6.45, 7) is 1.10. The SMILES string of the molecule is COC(=O)C1=C(CN2CCOCC2C(=O)O)NC(c2nccs2)=NC1c1ccccc1Br. The highest BCUT2D eigenvalue weighted by atomic mass is 79.9. The lowest BCUT2D eigenvalue weighted by Gasteiger charge is -2.35. The van der Waals surface area contributed by atoms with Gasteiger partial charge in [-0.3, -0.25) is 14.7 Å². The first-order valence-corrected chi connectivity index (χ1v) is 11.5. The number of halogens is 1. The molecule has 0 radical (unpaired) electrons. The second-order valence-electron chi connectivity index (χ2n) is 7.15. The molecule has 2 aliphatic rings. The molecular formula is C21H21BrN4O5S. The summed E-state index contributed by atoms with van der Waals surface area (Å²) in [5.74, 6) is -0.990. The number of nitrogens with zero attached hydrogens (tertiary/aromatic N) is 3. The Kier molecular flexibility index (Phi) is 6.99. The summed E-state index contributed by atoms with van der Waals surface area (Å²) >= 11 is 4.98. The molecule has 1 fully saturated rings. The van der Waals surface area contributed by atoms with Crippen LogP contribution >= 0.6 is 27.3 Å². The summed E-state index contributed by atoms with van der Waals surface area (Å²) in [6.07, 6.45) is 1.68. The Balaban J connectivity index is 1.81. The first kappa shape index (κ1) is 22.6. The normalized spacial score (nSPS) is 21.6. The van der Waals surface area contributed by atoms with Gasteiger partial charge >= 0.3 is 11.9 Å². The molecule has 168 valence electrons. The van der Waals surface area contributed by atoms with Crippen LogP contribution in [0.1, 0.15) is 16.6 Å². The van der Waals surface area contributed by atoms with E-state index < -0.39 is 24.0 Å². The van der Waals surface area contributed by atoms with Crippen molar-refractivity contribution in [3.63, 3.8) is 0 Å². The monoisotopic (exact) mass is 520 g/mol. The van der Waals surface area contributed by atoms with Crippen molar-refractivity contribution in [2.75, 3.05) is 33.4 Å². The van der Waals surface area contributed by atoms with Crippen molar-refractivity contribution in [2.45, 2.75) is 12.1 Å². The molecule has 1 aromatic carbocycles. The standard InChI is InChI=1S/C21H21BrN4O5S/c1-30-21(29)16-14(10-26-7-8-31-11-15(26)20(27)28)24-18(19-23-6-9-32-19)25-17(16)12-4-2-3-5-13(12)22/h2-6,9,15,17H,7-8,10-11H2,1H3,(H,24,25)(H,27,28). The number of morpholine rings is 1. The number of amidine groups is 1. The maximum Gasteiger partial charge on any atom is 0.338 e. The highest BCUT2D eigenvalue weighted by Gasteiger charge is 2.36. The van der Waals surface area contributed by atoms with E-state index in [1.165, 1.54) is 18.4 Å². The number of esters is 1. The Morgan fingerprint density at radius 2 is 2.22 bits per heavy atom. The lowest BCUT2D eigenvalue weighted by atomic mass is 9.95. The average molecular weight is 521 g/mol. The summed E-state index contributed by atoms with van der Waals surface area (Å²) in [5, 5.41) is 15.4. The van der Waals surface area contributed by atoms with Crippen LogP contribution in [0.25, 0.3) is 0 Å². The summed E-state index contributed by atoms with van der Waals surface area (Å²) in [6, 6.07) is 6.05. The van der Waals surface area contributed by atoms with Crippen molar-refractivity contribution in [1.82, 2.24) is 15.2 Å². The minimum Gasteiger partial charge on any atom is -0.480 e. The highest BCUT2D eigenvalue weighted by molar-refractivity contribution is 9.10. The molecule has 0 spiro atoms. The van der Waals surface area contributed by atoms with E-state index in [-0.39, 0.29) is 13.2 Å². The Morgan fingerprint density at radius 3 is 2.91 bits per heavy atom. The molecule has 2 aromatic rings. The highest BCUT2D eigenvalue weighted by Crippen LogP contribution is 2.36. The van der Waals surface area contributed by atoms with Gasteiger partial charge in [0, 0.05) is 34.8 Å². The summed E-state index contributed by atoms with van der Waals surface area (Å²) < 4.78 is 11.3. The third-order valence-electron chi connectivity index (χ3n) is 5.25. The zero-order chi connectivity index (χ0) is 22.7. The summed E-state index contributed by atoms with van der Waals surface area (Å²) in [5.41, 5.74) is 1.65. The van der Waals surface area contributed by atoms with Gasteiger partial charge in [-0.05, 0) is 11.6 Å². The molecule has 3 heterocycles. The van der Waals surface area contributed by atoms with Crippen LogP contribution in [0.3, 0.4) is 0 Å². The number of aromatic nitrogens is 1. The number of carboxylic acids is 1. The van der Waals surface area contributed by atoms with Crippen molar-refractivity contribution in [3.05, 3.63) is 62.2 Å². The molecule has 32 heavy (non-hydrogen) atoms. The van der Waals surface area contributed by atoms with Crippen molar-refractivity contribution < 1.29 is 24.2 Å². The van der Waals surface area contributed by atoms with Gasteiger partial charge in [0.2, 0.25) is 0 Å². The molecule has 0 bridgehead atoms. The van der Waals surface area contributed by atoms with Crippen LogP contribution in [0.5, 0.6) is 0 Å². The molecule has 2 atom stereocenters. The maximum atomic E-state index is 12.9. The quantitative estimate of drug-likeness (QED) is 0.557. The minimum absolute atomic E-state index is 0.0806. The zero-order valence-corrected chi connectivity index (χ0v) is 19.6. The fraction of sp³-hybridized carbons (Fsp3) is 0.333. The van der Waals surface area contributed by atoms with E-state index >= 15 is 0 Å². The van der Waals surface area contributed by atoms with Gasteiger partial charge in [0.15, 0.2) is 10.8 Å². The Bertz CT molecular complexity index is 1070. The van der Waals surface area contributed by atoms with Crippen LogP contribution < -0.4 is 5.32 Å². The van der Waals surface area contributed by atoms with Gasteiger partial charge in [-0.2, -0.15) is 0 Å². The summed E-state index contributed by atoms with van der Waals surface area (Å²) in [4.78, 5) is 35.7. The topological polar surface area (TPSA) is 113 Å². The lowest BCUT2D eigenvalue weighted by molar-refractivity contribution is -0.149. The van der Waals surface area contributed by atoms with Gasteiger partial charge in [-0.1, -0.05) is 34.1 Å². The lowest BCUT2D eigenvalue weighted by Crippen LogP contribution is -2.52. The molecule has 0 aliphatic carbocycles. The van der Waals surface area contributed by atoms with E-state index in [9.17, 15) is 14.7 Å². The van der Waals surface area contributed by atoms with Crippen molar-refractivity contribution in [2.24, 2.45) is 4.99 Å². The van der Waals surface area contributed by atoms with Crippen LogP contribution in [0, 0.1) is 0 Å². The molecule has 9 nitrogen and oxygen atoms in total. The van der Waals surface area contributed by atoms with Gasteiger partial charge in [-0.15, -0.1) is 11.3 Å². The fourth-order valence-corrected chi connectivity index (χ4v) is 4.79. The van der Waals surface area contributed by atoms with E-state index in [4.69, 9.17) is 14.5 Å². The number of hydrogen-bond acceptors (Lipinski definition) is 9. The number of nitrogens with one attached hydrogen (secondary N) is 1. The molecule has 2 aliphatic heterocycles. The molecule has 2 unspecified atom stereocenters.